The molecule has 3 heteroatoms. The van der Waals surface area contributed by atoms with Gasteiger partial charge in [-0.1, -0.05) is 0 Å². The molecule has 29 valence electrons. The molecule has 0 atom stereocenters. The van der Waals surface area contributed by atoms with Crippen molar-refractivity contribution in [2.24, 2.45) is 0 Å². The van der Waals surface area contributed by atoms with Crippen molar-refractivity contribution in [2.75, 3.05) is 0 Å². The first-order valence-corrected chi connectivity index (χ1v) is 0.805. The van der Waals surface area contributed by atoms with Gasteiger partial charge in [-0.15, -0.1) is 0 Å². The first-order chi connectivity index (χ1) is 1.91. The summed E-state index contributed by atoms with van der Waals surface area (Å²) in [6.45, 7) is 0. The second-order valence-electron chi connectivity index (χ2n) is 0.272. The van der Waals surface area contributed by atoms with Crippen LogP contribution in [0.1, 0.15) is 0 Å². The summed E-state index contributed by atoms with van der Waals surface area (Å²) >= 11 is 0. The van der Waals surface area contributed by atoms with E-state index in [-0.39, 0.29) is 29.6 Å². The Morgan fingerprint density at radius 3 is 1.20 bits per heavy atom. The third-order valence-corrected chi connectivity index (χ3v) is 0.0556. The van der Waals surface area contributed by atoms with Crippen molar-refractivity contribution >= 4 is 12.6 Å². The molecule has 0 amide bonds. The minimum absolute atomic E-state index is 0. The van der Waals surface area contributed by atoms with E-state index >= 15 is 0 Å². The van der Waals surface area contributed by atoms with Gasteiger partial charge in [-0.05, 0) is 0 Å². The van der Waals surface area contributed by atoms with Crippen LogP contribution in [0.2, 0.25) is 0 Å². The van der Waals surface area contributed by atoms with Crippen LogP contribution in [-0.2, 0) is 26.7 Å². The molecule has 2 nitrogen and oxygen atoms in total. The van der Waals surface area contributed by atoms with E-state index < -0.39 is 0 Å². The first kappa shape index (κ1) is 8.85. The van der Waals surface area contributed by atoms with Crippen LogP contribution in [0.3, 0.4) is 0 Å². The molecule has 0 rings (SSSR count). The summed E-state index contributed by atoms with van der Waals surface area (Å²) in [5.74, 6) is 0. The molecule has 0 bridgehead atoms. The Balaban J connectivity index is 0. The van der Waals surface area contributed by atoms with Gasteiger partial charge in [0.05, 0.1) is 0 Å². The van der Waals surface area contributed by atoms with Crippen LogP contribution in [0.15, 0.2) is 0 Å². The van der Waals surface area contributed by atoms with E-state index in [0.29, 0.717) is 0 Å². The molecule has 0 heterocycles. The Kier molecular flexibility index (Phi) is 16.2. The van der Waals surface area contributed by atoms with Crippen LogP contribution < -0.4 is 0 Å². The number of hydrogen-bond acceptors (Lipinski definition) is 2. The summed E-state index contributed by atoms with van der Waals surface area (Å²) in [6.07, 6.45) is 0.389. The van der Waals surface area contributed by atoms with Crippen LogP contribution in [0, 0.1) is 0 Å². The zero-order valence-corrected chi connectivity index (χ0v) is 3.53. The molecule has 0 aromatic carbocycles. The van der Waals surface area contributed by atoms with Gasteiger partial charge in [-0.25, -0.2) is 0 Å². The van der Waals surface area contributed by atoms with Gasteiger partial charge in [-0.2, -0.15) is 0 Å². The van der Waals surface area contributed by atoms with E-state index in [9.17, 15) is 0 Å². The van der Waals surface area contributed by atoms with Crippen molar-refractivity contribution in [3.63, 3.8) is 0 Å². The second-order valence-corrected chi connectivity index (χ2v) is 0.272. The Morgan fingerprint density at radius 1 is 1.00 bits per heavy atom. The Bertz CT molecular complexity index is 28.6. The fraction of sp³-hybridized carbons (Fsp3) is 0. The van der Waals surface area contributed by atoms with Crippen molar-refractivity contribution in [3.05, 3.63) is 0 Å². The third kappa shape index (κ3) is 18.1. The van der Waals surface area contributed by atoms with Gasteiger partial charge in [0.25, 0.3) is 0 Å². The van der Waals surface area contributed by atoms with Crippen molar-refractivity contribution in [1.29, 1.82) is 0 Å². The monoisotopic (exact) mass is 113 g/mol. The standard InChI is InChI=1S/C2H2O2.Mn/c3-1-2-4;/h1-2H;. The third-order valence-electron chi connectivity index (χ3n) is 0.0556. The Labute approximate surface area is 40.0 Å². The minimum atomic E-state index is 0. The van der Waals surface area contributed by atoms with E-state index in [1.807, 2.05) is 0 Å². The van der Waals surface area contributed by atoms with Crippen LogP contribution >= 0.6 is 0 Å². The maximum absolute atomic E-state index is 8.81. The molecular formula is C2H2MnO2. The smallest absolute Gasteiger partial charge is 0.182 e. The molecule has 0 aliphatic rings. The molecule has 0 saturated carbocycles. The molecule has 0 aromatic rings. The summed E-state index contributed by atoms with van der Waals surface area (Å²) in [5.41, 5.74) is 0. The molecule has 0 aliphatic carbocycles. The van der Waals surface area contributed by atoms with E-state index in [4.69, 9.17) is 9.59 Å². The van der Waals surface area contributed by atoms with E-state index in [1.165, 1.54) is 0 Å². The van der Waals surface area contributed by atoms with Crippen LogP contribution in [-0.4, -0.2) is 12.6 Å². The summed E-state index contributed by atoms with van der Waals surface area (Å²) in [7, 11) is 0. The van der Waals surface area contributed by atoms with Crippen molar-refractivity contribution in [3.8, 4) is 0 Å². The molecule has 0 aliphatic heterocycles. The number of hydrogen-bond donors (Lipinski definition) is 0. The quantitative estimate of drug-likeness (QED) is 0.258. The molecular weight excluding hydrogens is 111 g/mol. The van der Waals surface area contributed by atoms with Crippen LogP contribution in [0.25, 0.3) is 0 Å². The molecule has 0 saturated heterocycles. The van der Waals surface area contributed by atoms with E-state index in [0.717, 1.165) is 0 Å². The molecule has 0 N–H and O–H groups in total. The van der Waals surface area contributed by atoms with Gasteiger partial charge in [-0.3, -0.25) is 9.59 Å². The fourth-order valence-corrected chi connectivity index (χ4v) is 0. The van der Waals surface area contributed by atoms with Gasteiger partial charge >= 0.3 is 0 Å². The summed E-state index contributed by atoms with van der Waals surface area (Å²) < 4.78 is 0. The maximum Gasteiger partial charge on any atom is 0.182 e. The van der Waals surface area contributed by atoms with E-state index in [1.54, 1.807) is 0 Å². The summed E-state index contributed by atoms with van der Waals surface area (Å²) in [5, 5.41) is 0. The van der Waals surface area contributed by atoms with Crippen molar-refractivity contribution < 1.29 is 26.7 Å². The van der Waals surface area contributed by atoms with Crippen LogP contribution in [0.4, 0.5) is 0 Å². The predicted molar refractivity (Wildman–Crippen MR) is 12.1 cm³/mol. The molecule has 0 spiro atoms. The number of carbonyl (C=O) groups excluding carboxylic acids is 2. The van der Waals surface area contributed by atoms with Crippen LogP contribution in [0.5, 0.6) is 0 Å². The molecule has 0 unspecified atom stereocenters. The topological polar surface area (TPSA) is 34.1 Å². The number of aldehydes is 2. The van der Waals surface area contributed by atoms with Crippen molar-refractivity contribution in [1.82, 2.24) is 0 Å². The predicted octanol–water partition coefficient (Wildman–Crippen LogP) is -0.618. The molecule has 0 aromatic heterocycles. The zero-order valence-electron chi connectivity index (χ0n) is 2.35. The normalized spacial score (nSPS) is 4.00. The average Bonchev–Trinajstić information content (AvgIpc) is 1.37. The minimum Gasteiger partial charge on any atom is -0.295 e. The van der Waals surface area contributed by atoms with Crippen molar-refractivity contribution in [2.45, 2.75) is 0 Å². The largest absolute Gasteiger partial charge is 0.295 e. The zero-order chi connectivity index (χ0) is 3.41. The van der Waals surface area contributed by atoms with E-state index in [2.05, 4.69) is 0 Å². The first-order valence-electron chi connectivity index (χ1n) is 0.805. The SMILES string of the molecule is O=CC=O.[Mn]. The van der Waals surface area contributed by atoms with Gasteiger partial charge in [0.15, 0.2) is 12.6 Å². The Morgan fingerprint density at radius 2 is 1.20 bits per heavy atom. The van der Waals surface area contributed by atoms with Gasteiger partial charge in [0, 0.05) is 17.1 Å². The average molecular weight is 113 g/mol. The fourth-order valence-electron chi connectivity index (χ4n) is 0. The molecule has 5 heavy (non-hydrogen) atoms. The molecule has 1 radical (unpaired) electrons. The number of rotatable bonds is 1. The van der Waals surface area contributed by atoms with Gasteiger partial charge in [0.2, 0.25) is 0 Å². The summed E-state index contributed by atoms with van der Waals surface area (Å²) in [4.78, 5) is 17.6. The molecule has 0 fully saturated rings. The number of carbonyl (C=O) groups is 2. The Hall–Kier alpha value is -0.141. The van der Waals surface area contributed by atoms with Gasteiger partial charge in [0.1, 0.15) is 0 Å². The second kappa shape index (κ2) is 9.13. The summed E-state index contributed by atoms with van der Waals surface area (Å²) in [6, 6.07) is 0. The maximum atomic E-state index is 8.81. The van der Waals surface area contributed by atoms with Gasteiger partial charge < -0.3 is 0 Å².